The first-order chi connectivity index (χ1) is 12.8. The van der Waals surface area contributed by atoms with Gasteiger partial charge in [0.25, 0.3) is 0 Å². The molecule has 1 saturated carbocycles. The molecule has 2 aliphatic rings. The molecule has 0 aromatic heterocycles. The van der Waals surface area contributed by atoms with Gasteiger partial charge >= 0.3 is 6.09 Å². The van der Waals surface area contributed by atoms with Crippen LogP contribution in [0.3, 0.4) is 0 Å². The summed E-state index contributed by atoms with van der Waals surface area (Å²) in [6, 6.07) is 12.7. The highest BCUT2D eigenvalue weighted by atomic mass is 32.2. The number of sulfonamides is 1. The van der Waals surface area contributed by atoms with E-state index in [1.165, 1.54) is 0 Å². The molecule has 2 aromatic rings. The zero-order chi connectivity index (χ0) is 19.2. The summed E-state index contributed by atoms with van der Waals surface area (Å²) in [5.74, 6) is -0.0917. The zero-order valence-electron chi connectivity index (χ0n) is 15.4. The first-order valence-electron chi connectivity index (χ1n) is 9.03. The van der Waals surface area contributed by atoms with Crippen LogP contribution in [0.5, 0.6) is 0 Å². The molecule has 1 spiro atoms. The van der Waals surface area contributed by atoms with Crippen molar-refractivity contribution in [2.45, 2.75) is 38.0 Å². The van der Waals surface area contributed by atoms with Gasteiger partial charge in [0.1, 0.15) is 5.60 Å². The fourth-order valence-electron chi connectivity index (χ4n) is 3.48. The molecule has 1 aliphatic carbocycles. The standard InChI is InChI=1S/C20H22N2O4S/c1-3-22-18-9-8-16(12-17(18)20(10-11-20)26-19(22)23)21-27(24,25)13-15-6-4-14(2)5-7-15/h4-9,12,21H,3,10-11,13H2,1-2H3. The third-order valence-electron chi connectivity index (χ3n) is 5.05. The van der Waals surface area contributed by atoms with Gasteiger partial charge in [0.05, 0.1) is 11.4 Å². The molecule has 0 atom stereocenters. The van der Waals surface area contributed by atoms with Gasteiger partial charge in [-0.05, 0) is 50.5 Å². The Morgan fingerprint density at radius 3 is 2.48 bits per heavy atom. The summed E-state index contributed by atoms with van der Waals surface area (Å²) in [5, 5.41) is 0. The molecule has 142 valence electrons. The number of amides is 1. The molecule has 0 bridgehead atoms. The Balaban J connectivity index is 1.60. The van der Waals surface area contributed by atoms with Gasteiger partial charge in [0, 0.05) is 17.8 Å². The lowest BCUT2D eigenvalue weighted by Gasteiger charge is -2.34. The number of hydrogen-bond acceptors (Lipinski definition) is 4. The third-order valence-corrected chi connectivity index (χ3v) is 6.31. The van der Waals surface area contributed by atoms with Crippen molar-refractivity contribution in [2.24, 2.45) is 0 Å². The topological polar surface area (TPSA) is 75.7 Å². The maximum atomic E-state index is 12.6. The number of carbonyl (C=O) groups is 1. The first-order valence-corrected chi connectivity index (χ1v) is 10.7. The number of carbonyl (C=O) groups excluding carboxylic acids is 1. The molecule has 6 nitrogen and oxygen atoms in total. The maximum Gasteiger partial charge on any atom is 0.415 e. The third kappa shape index (κ3) is 3.39. The normalized spacial score (nSPS) is 17.4. The van der Waals surface area contributed by atoms with E-state index in [1.807, 2.05) is 38.1 Å². The van der Waals surface area contributed by atoms with Crippen LogP contribution < -0.4 is 9.62 Å². The number of hydrogen-bond donors (Lipinski definition) is 1. The van der Waals surface area contributed by atoms with Crippen molar-refractivity contribution in [1.82, 2.24) is 0 Å². The second-order valence-corrected chi connectivity index (χ2v) is 8.91. The van der Waals surface area contributed by atoms with E-state index in [1.54, 1.807) is 23.1 Å². The summed E-state index contributed by atoms with van der Waals surface area (Å²) in [6.07, 6.45) is 1.20. The van der Waals surface area contributed by atoms with Gasteiger partial charge in [0.2, 0.25) is 10.0 Å². The van der Waals surface area contributed by atoms with Crippen LogP contribution in [0.1, 0.15) is 36.5 Å². The number of fused-ring (bicyclic) bond motifs is 2. The van der Waals surface area contributed by atoms with Crippen molar-refractivity contribution in [3.05, 3.63) is 59.2 Å². The molecule has 1 N–H and O–H groups in total. The van der Waals surface area contributed by atoms with Crippen LogP contribution in [0.4, 0.5) is 16.2 Å². The molecule has 0 unspecified atom stereocenters. The minimum atomic E-state index is -3.55. The zero-order valence-corrected chi connectivity index (χ0v) is 16.2. The Hall–Kier alpha value is -2.54. The molecule has 0 radical (unpaired) electrons. The van der Waals surface area contributed by atoms with Crippen LogP contribution in [-0.4, -0.2) is 21.1 Å². The summed E-state index contributed by atoms with van der Waals surface area (Å²) in [7, 11) is -3.55. The molecule has 4 rings (SSSR count). The van der Waals surface area contributed by atoms with Gasteiger partial charge in [-0.25, -0.2) is 13.2 Å². The number of ether oxygens (including phenoxy) is 1. The fourth-order valence-corrected chi connectivity index (χ4v) is 4.67. The summed E-state index contributed by atoms with van der Waals surface area (Å²) in [4.78, 5) is 13.7. The number of anilines is 2. The predicted octanol–water partition coefficient (Wildman–Crippen LogP) is 3.90. The molecular weight excluding hydrogens is 364 g/mol. The van der Waals surface area contributed by atoms with Crippen LogP contribution >= 0.6 is 0 Å². The molecule has 1 amide bonds. The average Bonchev–Trinajstić information content (AvgIpc) is 3.37. The lowest BCUT2D eigenvalue weighted by atomic mass is 10.0. The van der Waals surface area contributed by atoms with Gasteiger partial charge in [-0.1, -0.05) is 29.8 Å². The molecule has 7 heteroatoms. The highest BCUT2D eigenvalue weighted by Crippen LogP contribution is 2.55. The van der Waals surface area contributed by atoms with Gasteiger partial charge in [-0.2, -0.15) is 0 Å². The maximum absolute atomic E-state index is 12.6. The van der Waals surface area contributed by atoms with Crippen LogP contribution in [0.25, 0.3) is 0 Å². The van der Waals surface area contributed by atoms with Crippen molar-refractivity contribution in [3.63, 3.8) is 0 Å². The molecule has 27 heavy (non-hydrogen) atoms. The Labute approximate surface area is 159 Å². The molecule has 2 aromatic carbocycles. The average molecular weight is 386 g/mol. The van der Waals surface area contributed by atoms with Crippen molar-refractivity contribution in [3.8, 4) is 0 Å². The summed E-state index contributed by atoms with van der Waals surface area (Å²) in [5.41, 5.74) is 3.39. The fraction of sp³-hybridized carbons (Fsp3) is 0.350. The second kappa shape index (κ2) is 6.27. The van der Waals surface area contributed by atoms with Crippen molar-refractivity contribution >= 4 is 27.5 Å². The molecular formula is C20H22N2O4S. The van der Waals surface area contributed by atoms with E-state index in [0.29, 0.717) is 12.2 Å². The van der Waals surface area contributed by atoms with E-state index in [0.717, 1.165) is 35.2 Å². The lowest BCUT2D eigenvalue weighted by molar-refractivity contribution is 0.0814. The van der Waals surface area contributed by atoms with Crippen LogP contribution in [0, 0.1) is 6.92 Å². The number of rotatable bonds is 5. The van der Waals surface area contributed by atoms with Crippen LogP contribution in [0.15, 0.2) is 42.5 Å². The smallest absolute Gasteiger partial charge is 0.415 e. The Bertz CT molecular complexity index is 995. The van der Waals surface area contributed by atoms with E-state index < -0.39 is 15.6 Å². The van der Waals surface area contributed by atoms with Crippen molar-refractivity contribution < 1.29 is 17.9 Å². The number of benzene rings is 2. The highest BCUT2D eigenvalue weighted by Gasteiger charge is 2.54. The van der Waals surface area contributed by atoms with E-state index >= 15 is 0 Å². The number of nitrogens with one attached hydrogen (secondary N) is 1. The van der Waals surface area contributed by atoms with Crippen LogP contribution in [0.2, 0.25) is 0 Å². The molecule has 1 aliphatic heterocycles. The van der Waals surface area contributed by atoms with E-state index in [-0.39, 0.29) is 11.8 Å². The van der Waals surface area contributed by atoms with Crippen molar-refractivity contribution in [1.29, 1.82) is 0 Å². The minimum absolute atomic E-state index is 0.0917. The van der Waals surface area contributed by atoms with E-state index in [2.05, 4.69) is 4.72 Å². The van der Waals surface area contributed by atoms with E-state index in [9.17, 15) is 13.2 Å². The molecule has 1 fully saturated rings. The first kappa shape index (κ1) is 17.9. The highest BCUT2D eigenvalue weighted by molar-refractivity contribution is 7.91. The molecule has 0 saturated heterocycles. The van der Waals surface area contributed by atoms with Gasteiger partial charge in [-0.3, -0.25) is 9.62 Å². The predicted molar refractivity (Wildman–Crippen MR) is 104 cm³/mol. The largest absolute Gasteiger partial charge is 0.438 e. The van der Waals surface area contributed by atoms with Gasteiger partial charge < -0.3 is 4.74 Å². The summed E-state index contributed by atoms with van der Waals surface area (Å²) >= 11 is 0. The Morgan fingerprint density at radius 2 is 1.85 bits per heavy atom. The number of nitrogens with zero attached hydrogens (tertiary/aromatic N) is 1. The van der Waals surface area contributed by atoms with Gasteiger partial charge in [0.15, 0.2) is 0 Å². The minimum Gasteiger partial charge on any atom is -0.438 e. The SMILES string of the molecule is CCN1C(=O)OC2(CC2)c2cc(NS(=O)(=O)Cc3ccc(C)cc3)ccc21. The number of aryl methyl sites for hydroxylation is 1. The van der Waals surface area contributed by atoms with Gasteiger partial charge in [-0.15, -0.1) is 0 Å². The monoisotopic (exact) mass is 386 g/mol. The quantitative estimate of drug-likeness (QED) is 0.845. The summed E-state index contributed by atoms with van der Waals surface area (Å²) in [6.45, 7) is 4.35. The second-order valence-electron chi connectivity index (χ2n) is 7.19. The Kier molecular flexibility index (Phi) is 4.14. The van der Waals surface area contributed by atoms with Crippen molar-refractivity contribution in [2.75, 3.05) is 16.2 Å². The Morgan fingerprint density at radius 1 is 1.15 bits per heavy atom. The van der Waals surface area contributed by atoms with Crippen LogP contribution in [-0.2, 0) is 26.1 Å². The lowest BCUT2D eigenvalue weighted by Crippen LogP contribution is -2.40. The van der Waals surface area contributed by atoms with E-state index in [4.69, 9.17) is 4.74 Å². The molecule has 1 heterocycles. The summed E-state index contributed by atoms with van der Waals surface area (Å²) < 4.78 is 33.4.